The fourth-order valence-electron chi connectivity index (χ4n) is 1.28. The van der Waals surface area contributed by atoms with Crippen molar-refractivity contribution < 1.29 is 4.74 Å². The van der Waals surface area contributed by atoms with Crippen LogP contribution >= 0.6 is 11.8 Å². The van der Waals surface area contributed by atoms with Crippen molar-refractivity contribution in [3.63, 3.8) is 0 Å². The van der Waals surface area contributed by atoms with Crippen molar-refractivity contribution in [2.45, 2.75) is 31.5 Å². The number of hydrogen-bond donors (Lipinski definition) is 2. The molecule has 0 spiro atoms. The molecular weight excluding hydrogens is 248 g/mol. The van der Waals surface area contributed by atoms with E-state index in [0.717, 1.165) is 36.3 Å². The molecule has 0 fully saturated rings. The Morgan fingerprint density at radius 1 is 1.33 bits per heavy atom. The fourth-order valence-corrected chi connectivity index (χ4v) is 1.66. The minimum Gasteiger partial charge on any atom is -0.380 e. The highest BCUT2D eigenvalue weighted by molar-refractivity contribution is 7.98. The predicted molar refractivity (Wildman–Crippen MR) is 77.6 cm³/mol. The number of aromatic nitrogens is 2. The summed E-state index contributed by atoms with van der Waals surface area (Å²) in [5.41, 5.74) is 0. The second-order valence-corrected chi connectivity index (χ2v) is 4.75. The van der Waals surface area contributed by atoms with Crippen molar-refractivity contribution in [3.05, 3.63) is 6.07 Å². The second kappa shape index (κ2) is 8.16. The van der Waals surface area contributed by atoms with E-state index < -0.39 is 0 Å². The van der Waals surface area contributed by atoms with Gasteiger partial charge in [-0.3, -0.25) is 0 Å². The first-order valence-corrected chi connectivity index (χ1v) is 7.35. The molecule has 1 aromatic heterocycles. The van der Waals surface area contributed by atoms with Crippen LogP contribution in [0.2, 0.25) is 0 Å². The van der Waals surface area contributed by atoms with E-state index in [-0.39, 0.29) is 6.10 Å². The molecule has 5 nitrogen and oxygen atoms in total. The summed E-state index contributed by atoms with van der Waals surface area (Å²) in [5, 5.41) is 7.30. The summed E-state index contributed by atoms with van der Waals surface area (Å²) in [6, 6.07) is 1.93. The summed E-state index contributed by atoms with van der Waals surface area (Å²) in [6.45, 7) is 5.79. The van der Waals surface area contributed by atoms with Crippen molar-refractivity contribution in [1.29, 1.82) is 0 Å². The van der Waals surface area contributed by atoms with E-state index in [0.29, 0.717) is 0 Å². The fraction of sp³-hybridized carbons (Fsp3) is 0.667. The number of thioether (sulfide) groups is 1. The summed E-state index contributed by atoms with van der Waals surface area (Å²) >= 11 is 1.54. The Balaban J connectivity index is 2.70. The number of rotatable bonds is 8. The van der Waals surface area contributed by atoms with Crippen LogP contribution in [-0.2, 0) is 4.74 Å². The third-order valence-corrected chi connectivity index (χ3v) is 2.97. The Morgan fingerprint density at radius 3 is 2.56 bits per heavy atom. The van der Waals surface area contributed by atoms with Gasteiger partial charge in [0.25, 0.3) is 0 Å². The van der Waals surface area contributed by atoms with Crippen LogP contribution in [0.25, 0.3) is 0 Å². The van der Waals surface area contributed by atoms with Crippen LogP contribution in [0.5, 0.6) is 0 Å². The average Bonchev–Trinajstić information content (AvgIpc) is 2.42. The van der Waals surface area contributed by atoms with Gasteiger partial charge in [-0.05, 0) is 19.6 Å². The van der Waals surface area contributed by atoms with E-state index in [1.165, 1.54) is 11.8 Å². The first-order chi connectivity index (χ1) is 8.69. The Hall–Kier alpha value is -1.01. The van der Waals surface area contributed by atoms with Crippen LogP contribution in [0.15, 0.2) is 11.2 Å². The van der Waals surface area contributed by atoms with Crippen LogP contribution in [0.3, 0.4) is 0 Å². The molecule has 0 aliphatic rings. The molecule has 0 amide bonds. The summed E-state index contributed by atoms with van der Waals surface area (Å²) in [4.78, 5) is 8.82. The second-order valence-electron chi connectivity index (χ2n) is 3.98. The van der Waals surface area contributed by atoms with E-state index >= 15 is 0 Å². The van der Waals surface area contributed by atoms with Gasteiger partial charge in [-0.15, -0.1) is 0 Å². The molecule has 0 aliphatic carbocycles. The molecule has 0 aliphatic heterocycles. The lowest BCUT2D eigenvalue weighted by atomic mass is 10.4. The number of methoxy groups -OCH3 is 1. The lowest BCUT2D eigenvalue weighted by molar-refractivity contribution is 0.128. The van der Waals surface area contributed by atoms with Gasteiger partial charge in [0.15, 0.2) is 5.16 Å². The van der Waals surface area contributed by atoms with Crippen LogP contribution in [0.1, 0.15) is 20.3 Å². The lowest BCUT2D eigenvalue weighted by Crippen LogP contribution is -2.19. The molecule has 0 saturated carbocycles. The highest BCUT2D eigenvalue weighted by atomic mass is 32.2. The SMILES string of the molecule is CCCNc1cc(NCC(C)OC)nc(SC)n1. The maximum Gasteiger partial charge on any atom is 0.191 e. The number of hydrogen-bond acceptors (Lipinski definition) is 6. The minimum absolute atomic E-state index is 0.157. The van der Waals surface area contributed by atoms with Crippen molar-refractivity contribution >= 4 is 23.4 Å². The van der Waals surface area contributed by atoms with Gasteiger partial charge in [0.1, 0.15) is 11.6 Å². The Bertz CT molecular complexity index is 362. The van der Waals surface area contributed by atoms with Gasteiger partial charge in [0.05, 0.1) is 6.10 Å². The summed E-state index contributed by atoms with van der Waals surface area (Å²) < 4.78 is 5.20. The van der Waals surface area contributed by atoms with Crippen LogP contribution in [0.4, 0.5) is 11.6 Å². The Morgan fingerprint density at radius 2 is 2.00 bits per heavy atom. The molecule has 0 saturated heterocycles. The Kier molecular flexibility index (Phi) is 6.82. The first kappa shape index (κ1) is 15.0. The molecule has 1 unspecified atom stereocenters. The predicted octanol–water partition coefficient (Wildman–Crippen LogP) is 2.47. The zero-order chi connectivity index (χ0) is 13.4. The molecule has 1 heterocycles. The summed E-state index contributed by atoms with van der Waals surface area (Å²) in [7, 11) is 1.70. The highest BCUT2D eigenvalue weighted by Crippen LogP contribution is 2.17. The molecular formula is C12H22N4OS. The van der Waals surface area contributed by atoms with Crippen molar-refractivity contribution in [2.75, 3.05) is 37.1 Å². The number of nitrogens with zero attached hydrogens (tertiary/aromatic N) is 2. The number of nitrogens with one attached hydrogen (secondary N) is 2. The number of anilines is 2. The largest absolute Gasteiger partial charge is 0.380 e. The quantitative estimate of drug-likeness (QED) is 0.559. The van der Waals surface area contributed by atoms with Crippen molar-refractivity contribution in [3.8, 4) is 0 Å². The smallest absolute Gasteiger partial charge is 0.191 e. The van der Waals surface area contributed by atoms with Crippen LogP contribution in [0, 0.1) is 0 Å². The molecule has 2 N–H and O–H groups in total. The van der Waals surface area contributed by atoms with Gasteiger partial charge in [-0.1, -0.05) is 18.7 Å². The van der Waals surface area contributed by atoms with Crippen LogP contribution in [-0.4, -0.2) is 42.5 Å². The van der Waals surface area contributed by atoms with E-state index in [4.69, 9.17) is 4.74 Å². The zero-order valence-electron chi connectivity index (χ0n) is 11.5. The minimum atomic E-state index is 0.157. The van der Waals surface area contributed by atoms with E-state index in [2.05, 4.69) is 27.5 Å². The van der Waals surface area contributed by atoms with Crippen molar-refractivity contribution in [2.24, 2.45) is 0 Å². The zero-order valence-corrected chi connectivity index (χ0v) is 12.3. The van der Waals surface area contributed by atoms with Crippen LogP contribution < -0.4 is 10.6 Å². The number of ether oxygens (including phenoxy) is 1. The van der Waals surface area contributed by atoms with Gasteiger partial charge in [0, 0.05) is 26.3 Å². The molecule has 6 heteroatoms. The van der Waals surface area contributed by atoms with Gasteiger partial charge in [0.2, 0.25) is 0 Å². The highest BCUT2D eigenvalue weighted by Gasteiger charge is 2.05. The van der Waals surface area contributed by atoms with Gasteiger partial charge in [-0.25, -0.2) is 9.97 Å². The molecule has 1 rings (SSSR count). The Labute approximate surface area is 113 Å². The van der Waals surface area contributed by atoms with Crippen molar-refractivity contribution in [1.82, 2.24) is 9.97 Å². The third kappa shape index (κ3) is 5.10. The van der Waals surface area contributed by atoms with E-state index in [1.54, 1.807) is 7.11 Å². The van der Waals surface area contributed by atoms with Gasteiger partial charge in [-0.2, -0.15) is 0 Å². The van der Waals surface area contributed by atoms with Gasteiger partial charge >= 0.3 is 0 Å². The summed E-state index contributed by atoms with van der Waals surface area (Å²) in [5.74, 6) is 1.70. The summed E-state index contributed by atoms with van der Waals surface area (Å²) in [6.07, 6.45) is 3.20. The lowest BCUT2D eigenvalue weighted by Gasteiger charge is -2.13. The monoisotopic (exact) mass is 270 g/mol. The third-order valence-electron chi connectivity index (χ3n) is 2.42. The maximum atomic E-state index is 5.20. The molecule has 102 valence electrons. The molecule has 0 bridgehead atoms. The van der Waals surface area contributed by atoms with E-state index in [9.17, 15) is 0 Å². The molecule has 0 aromatic carbocycles. The molecule has 0 radical (unpaired) electrons. The normalized spacial score (nSPS) is 12.2. The topological polar surface area (TPSA) is 59.1 Å². The standard InChI is InChI=1S/C12H22N4OS/c1-5-6-13-10-7-11(14-8-9(2)17-3)16-12(15-10)18-4/h7,9H,5-6,8H2,1-4H3,(H2,13,14,15,16). The maximum absolute atomic E-state index is 5.20. The average molecular weight is 270 g/mol. The molecule has 18 heavy (non-hydrogen) atoms. The molecule has 1 aromatic rings. The van der Waals surface area contributed by atoms with E-state index in [1.807, 2.05) is 19.2 Å². The first-order valence-electron chi connectivity index (χ1n) is 6.13. The van der Waals surface area contributed by atoms with Gasteiger partial charge < -0.3 is 15.4 Å². The molecule has 1 atom stereocenters.